The number of fused-ring (bicyclic) bond motifs is 1. The van der Waals surface area contributed by atoms with Crippen molar-refractivity contribution in [3.05, 3.63) is 69.4 Å². The van der Waals surface area contributed by atoms with E-state index in [9.17, 15) is 0 Å². The maximum absolute atomic E-state index is 7.03. The van der Waals surface area contributed by atoms with E-state index in [1.807, 2.05) is 0 Å². The summed E-state index contributed by atoms with van der Waals surface area (Å²) in [4.78, 5) is 2.21. The van der Waals surface area contributed by atoms with Gasteiger partial charge in [0.2, 0.25) is 0 Å². The lowest BCUT2D eigenvalue weighted by Crippen LogP contribution is -2.41. The van der Waals surface area contributed by atoms with Crippen molar-refractivity contribution in [2.45, 2.75) is 254 Å². The van der Waals surface area contributed by atoms with Gasteiger partial charge in [-0.3, -0.25) is 4.90 Å². The fourth-order valence-corrected chi connectivity index (χ4v) is 10.5. The number of allylic oxidation sites excluding steroid dienone is 8. The van der Waals surface area contributed by atoms with E-state index in [-0.39, 0.29) is 11.9 Å². The summed E-state index contributed by atoms with van der Waals surface area (Å²) in [7, 11) is -0.365. The number of hydrogen-bond acceptors (Lipinski definition) is 5. The first-order valence-electron chi connectivity index (χ1n) is 26.6. The highest BCUT2D eigenvalue weighted by molar-refractivity contribution is 6.64. The van der Waals surface area contributed by atoms with Crippen molar-refractivity contribution < 1.29 is 18.3 Å². The van der Waals surface area contributed by atoms with E-state index in [2.05, 4.69) is 124 Å². The molecule has 0 aromatic heterocycles. The minimum Gasteiger partial charge on any atom is -0.487 e. The Morgan fingerprint density at radius 1 is 0.754 bits per heavy atom. The quantitative estimate of drug-likeness (QED) is 0.0219. The molecule has 0 spiro atoms. The molecule has 1 aromatic carbocycles. The van der Waals surface area contributed by atoms with Gasteiger partial charge >= 0.3 is 8.56 Å². The molecule has 6 heteroatoms. The molecule has 2 unspecified atom stereocenters. The van der Waals surface area contributed by atoms with Gasteiger partial charge in [0.15, 0.2) is 6.29 Å². The molecule has 0 saturated carbocycles. The van der Waals surface area contributed by atoms with Crippen LogP contribution in [0.3, 0.4) is 0 Å². The SMILES string of the molecule is C#CCN(C)CCCCCCO[Si](C)(C)OC(CCCCCCC/C=C\CCCCCCCC)Oc1c(C)c(C)c2c(c1C)CCC(C)(CC/C=C(\C)CC/C=C(\C)CCC=C(C)C)O2. The molecule has 1 aromatic rings. The van der Waals surface area contributed by atoms with Crippen molar-refractivity contribution in [1.29, 1.82) is 0 Å². The van der Waals surface area contributed by atoms with Crippen molar-refractivity contribution in [2.24, 2.45) is 0 Å². The van der Waals surface area contributed by atoms with Gasteiger partial charge in [0.1, 0.15) is 17.1 Å². The molecule has 5 nitrogen and oxygen atoms in total. The Bertz CT molecular complexity index is 1630. The van der Waals surface area contributed by atoms with E-state index in [1.165, 1.54) is 117 Å². The minimum atomic E-state index is -2.46. The van der Waals surface area contributed by atoms with Crippen molar-refractivity contribution >= 4 is 8.56 Å². The molecule has 65 heavy (non-hydrogen) atoms. The summed E-state index contributed by atoms with van der Waals surface area (Å²) in [6.07, 6.45) is 48.0. The molecular formula is C59H101NO4Si. The Balaban J connectivity index is 2.03. The second-order valence-corrected chi connectivity index (χ2v) is 24.0. The lowest BCUT2D eigenvalue weighted by molar-refractivity contribution is -0.0317. The molecule has 1 aliphatic rings. The summed E-state index contributed by atoms with van der Waals surface area (Å²) < 4.78 is 27.5. The minimum absolute atomic E-state index is 0.183. The lowest BCUT2D eigenvalue weighted by Gasteiger charge is -2.38. The highest BCUT2D eigenvalue weighted by atomic mass is 28.4. The fourth-order valence-electron chi connectivity index (χ4n) is 8.99. The van der Waals surface area contributed by atoms with Crippen LogP contribution in [0.4, 0.5) is 0 Å². The Morgan fingerprint density at radius 3 is 1.98 bits per heavy atom. The monoisotopic (exact) mass is 916 g/mol. The number of unbranched alkanes of at least 4 members (excludes halogenated alkanes) is 14. The third-order valence-corrected chi connectivity index (χ3v) is 15.2. The van der Waals surface area contributed by atoms with Crippen LogP contribution in [0, 0.1) is 33.1 Å². The van der Waals surface area contributed by atoms with Crippen molar-refractivity contribution in [3.8, 4) is 23.8 Å². The zero-order chi connectivity index (χ0) is 47.9. The number of nitrogens with zero attached hydrogens (tertiary/aromatic N) is 1. The van der Waals surface area contributed by atoms with Crippen LogP contribution in [-0.4, -0.2) is 52.1 Å². The maximum atomic E-state index is 7.03. The average Bonchev–Trinajstić information content (AvgIpc) is 3.25. The standard InChI is InChI=1S/C59H101NO4Si/c1-14-16-17-18-19-20-21-22-23-24-25-26-27-28-31-42-56(64-65(12,13)61-48-33-30-29-32-47-60(11)46-15-2)62-57-52(7)53(8)58-55(54(57)9)43-45-59(10,63-58)44-36-41-51(6)40-35-39-50(5)38-34-37-49(3)4/h2,22-23,37,39,41,56H,14,16-21,24-36,38,40,42-48H2,1,3-13H3/b23-22-,50-39+,51-41+. The highest BCUT2D eigenvalue weighted by Gasteiger charge is 2.36. The molecular weight excluding hydrogens is 815 g/mol. The number of hydrogen-bond donors (Lipinski definition) is 0. The predicted octanol–water partition coefficient (Wildman–Crippen LogP) is 17.5. The Hall–Kier alpha value is -2.56. The van der Waals surface area contributed by atoms with Gasteiger partial charge in [0.25, 0.3) is 0 Å². The van der Waals surface area contributed by atoms with E-state index in [4.69, 9.17) is 24.7 Å². The summed E-state index contributed by atoms with van der Waals surface area (Å²) in [5.41, 5.74) is 9.08. The Morgan fingerprint density at radius 2 is 1.34 bits per heavy atom. The van der Waals surface area contributed by atoms with Crippen LogP contribution in [0.2, 0.25) is 13.1 Å². The van der Waals surface area contributed by atoms with Gasteiger partial charge in [0, 0.05) is 18.6 Å². The van der Waals surface area contributed by atoms with Crippen LogP contribution < -0.4 is 9.47 Å². The van der Waals surface area contributed by atoms with Crippen LogP contribution in [0.15, 0.2) is 47.1 Å². The third-order valence-electron chi connectivity index (χ3n) is 13.5. The van der Waals surface area contributed by atoms with Crippen molar-refractivity contribution in [2.75, 3.05) is 26.7 Å². The zero-order valence-corrected chi connectivity index (χ0v) is 45.6. The van der Waals surface area contributed by atoms with Gasteiger partial charge in [-0.25, -0.2) is 0 Å². The summed E-state index contributed by atoms with van der Waals surface area (Å²) in [6.45, 7) is 27.1. The molecule has 0 aliphatic carbocycles. The first-order chi connectivity index (χ1) is 31.1. The van der Waals surface area contributed by atoms with Gasteiger partial charge in [0.05, 0.1) is 6.54 Å². The Kier molecular flexibility index (Phi) is 30.5. The first kappa shape index (κ1) is 58.6. The Labute approximate surface area is 404 Å². The van der Waals surface area contributed by atoms with E-state index in [0.29, 0.717) is 6.54 Å². The highest BCUT2D eigenvalue weighted by Crippen LogP contribution is 2.45. The molecule has 1 heterocycles. The normalized spacial score (nSPS) is 16.2. The largest absolute Gasteiger partial charge is 0.487 e. The smallest absolute Gasteiger partial charge is 0.334 e. The van der Waals surface area contributed by atoms with Gasteiger partial charge in [-0.2, -0.15) is 0 Å². The van der Waals surface area contributed by atoms with E-state index < -0.39 is 8.56 Å². The van der Waals surface area contributed by atoms with E-state index in [1.54, 1.807) is 0 Å². The molecule has 0 N–H and O–H groups in total. The lowest BCUT2D eigenvalue weighted by atomic mass is 9.85. The average molecular weight is 917 g/mol. The van der Waals surface area contributed by atoms with E-state index >= 15 is 0 Å². The molecule has 0 amide bonds. The molecule has 0 radical (unpaired) electrons. The van der Waals surface area contributed by atoms with Crippen LogP contribution >= 0.6 is 0 Å². The molecule has 1 aliphatic heterocycles. The number of terminal acetylenes is 1. The molecule has 2 atom stereocenters. The topological polar surface area (TPSA) is 40.2 Å². The molecule has 2 rings (SSSR count). The van der Waals surface area contributed by atoms with Crippen molar-refractivity contribution in [1.82, 2.24) is 4.90 Å². The fraction of sp³-hybridized carbons (Fsp3) is 0.729. The zero-order valence-electron chi connectivity index (χ0n) is 44.6. The third kappa shape index (κ3) is 26.0. The summed E-state index contributed by atoms with van der Waals surface area (Å²) >= 11 is 0. The molecule has 0 bridgehead atoms. The van der Waals surface area contributed by atoms with Gasteiger partial charge < -0.3 is 18.3 Å². The summed E-state index contributed by atoms with van der Waals surface area (Å²) in [6, 6.07) is 0. The summed E-state index contributed by atoms with van der Waals surface area (Å²) in [5.74, 6) is 4.79. The molecule has 370 valence electrons. The number of ether oxygens (including phenoxy) is 2. The predicted molar refractivity (Wildman–Crippen MR) is 286 cm³/mol. The summed E-state index contributed by atoms with van der Waals surface area (Å²) in [5, 5.41) is 0. The van der Waals surface area contributed by atoms with Crippen LogP contribution in [0.5, 0.6) is 11.5 Å². The number of rotatable bonds is 37. The number of benzene rings is 1. The van der Waals surface area contributed by atoms with Gasteiger partial charge in [-0.05, 0) is 195 Å². The van der Waals surface area contributed by atoms with E-state index in [0.717, 1.165) is 114 Å². The second-order valence-electron chi connectivity index (χ2n) is 20.7. The second kappa shape index (κ2) is 33.8. The van der Waals surface area contributed by atoms with Crippen LogP contribution in [0.25, 0.3) is 0 Å². The van der Waals surface area contributed by atoms with Gasteiger partial charge in [-0.1, -0.05) is 124 Å². The first-order valence-corrected chi connectivity index (χ1v) is 29.4. The molecule has 0 fully saturated rings. The van der Waals surface area contributed by atoms with Crippen LogP contribution in [0.1, 0.15) is 224 Å². The maximum Gasteiger partial charge on any atom is 0.334 e. The van der Waals surface area contributed by atoms with Crippen molar-refractivity contribution in [3.63, 3.8) is 0 Å². The van der Waals surface area contributed by atoms with Crippen LogP contribution in [-0.2, 0) is 15.3 Å². The molecule has 0 saturated heterocycles. The van der Waals surface area contributed by atoms with Gasteiger partial charge in [-0.15, -0.1) is 6.42 Å².